The highest BCUT2D eigenvalue weighted by Crippen LogP contribution is 2.40. The molecule has 0 heterocycles. The molecule has 0 bridgehead atoms. The van der Waals surface area contributed by atoms with Crippen molar-refractivity contribution >= 4 is 29.7 Å². The molecule has 0 radical (unpaired) electrons. The summed E-state index contributed by atoms with van der Waals surface area (Å²) in [5.74, 6) is 0.505. The Morgan fingerprint density at radius 3 is 2.24 bits per heavy atom. The molecular weight excluding hydrogens is 438 g/mol. The standard InChI is InChI=1S/C25H39N3O4S/c1-16(2)26-22(29)21(18-11-9-8-10-12-18)28(20-15-17(20)3)23(30)19(13-14-33-7)27-24(31)32-25(4,5)6/h8-12,16-17,19-21H,13-15H2,1-7H3,(H,26,29)(H,27,31). The molecule has 1 aliphatic rings. The minimum atomic E-state index is -0.779. The van der Waals surface area contributed by atoms with Crippen LogP contribution in [0.25, 0.3) is 0 Å². The molecule has 0 aromatic heterocycles. The second kappa shape index (κ2) is 11.8. The van der Waals surface area contributed by atoms with E-state index < -0.39 is 23.8 Å². The molecule has 8 heteroatoms. The number of carbonyl (C=O) groups excluding carboxylic acids is 3. The smallest absolute Gasteiger partial charge is 0.408 e. The SMILES string of the molecule is CSCCC(NC(=O)OC(C)(C)C)C(=O)N(C(C(=O)NC(C)C)c1ccccc1)C1CC1C. The number of alkyl carbamates (subject to hydrolysis) is 1. The van der Waals surface area contributed by atoms with E-state index in [9.17, 15) is 14.4 Å². The van der Waals surface area contributed by atoms with Gasteiger partial charge in [0.05, 0.1) is 0 Å². The Hall–Kier alpha value is -2.22. The largest absolute Gasteiger partial charge is 0.444 e. The van der Waals surface area contributed by atoms with Crippen LogP contribution in [0.15, 0.2) is 30.3 Å². The molecular formula is C25H39N3O4S. The van der Waals surface area contributed by atoms with Crippen LogP contribution in [0.4, 0.5) is 4.79 Å². The van der Waals surface area contributed by atoms with E-state index in [0.717, 1.165) is 12.0 Å². The first-order valence-electron chi connectivity index (χ1n) is 11.6. The Bertz CT molecular complexity index is 810. The third kappa shape index (κ3) is 8.25. The number of thioether (sulfide) groups is 1. The van der Waals surface area contributed by atoms with Gasteiger partial charge < -0.3 is 20.3 Å². The molecule has 1 aromatic rings. The monoisotopic (exact) mass is 477 g/mol. The van der Waals surface area contributed by atoms with Gasteiger partial charge in [-0.25, -0.2) is 4.79 Å². The molecule has 1 aliphatic carbocycles. The number of hydrogen-bond acceptors (Lipinski definition) is 5. The Morgan fingerprint density at radius 1 is 1.15 bits per heavy atom. The van der Waals surface area contributed by atoms with Crippen molar-refractivity contribution in [2.75, 3.05) is 12.0 Å². The van der Waals surface area contributed by atoms with Gasteiger partial charge in [-0.15, -0.1) is 0 Å². The first-order chi connectivity index (χ1) is 15.4. The fourth-order valence-electron chi connectivity index (χ4n) is 3.73. The summed E-state index contributed by atoms with van der Waals surface area (Å²) in [5, 5.41) is 5.75. The average Bonchev–Trinajstić information content (AvgIpc) is 3.43. The van der Waals surface area contributed by atoms with Crippen molar-refractivity contribution in [1.29, 1.82) is 0 Å². The molecule has 184 valence electrons. The van der Waals surface area contributed by atoms with Crippen molar-refractivity contribution in [3.05, 3.63) is 35.9 Å². The third-order valence-electron chi connectivity index (χ3n) is 5.35. The van der Waals surface area contributed by atoms with Crippen LogP contribution >= 0.6 is 11.8 Å². The molecule has 1 aromatic carbocycles. The third-order valence-corrected chi connectivity index (χ3v) is 6.00. The van der Waals surface area contributed by atoms with Crippen molar-refractivity contribution in [2.45, 2.75) is 84.2 Å². The van der Waals surface area contributed by atoms with Gasteiger partial charge in [0.2, 0.25) is 11.8 Å². The zero-order valence-electron chi connectivity index (χ0n) is 20.9. The molecule has 33 heavy (non-hydrogen) atoms. The summed E-state index contributed by atoms with van der Waals surface area (Å²) in [6.45, 7) is 11.2. The lowest BCUT2D eigenvalue weighted by atomic mass is 10.0. The number of ether oxygens (including phenoxy) is 1. The van der Waals surface area contributed by atoms with E-state index in [1.165, 1.54) is 0 Å². The number of nitrogens with one attached hydrogen (secondary N) is 2. The molecule has 0 spiro atoms. The number of benzene rings is 1. The van der Waals surface area contributed by atoms with Crippen molar-refractivity contribution in [1.82, 2.24) is 15.5 Å². The van der Waals surface area contributed by atoms with Gasteiger partial charge in [0.1, 0.15) is 17.7 Å². The normalized spacial score (nSPS) is 19.4. The Morgan fingerprint density at radius 2 is 1.76 bits per heavy atom. The van der Waals surface area contributed by atoms with Crippen molar-refractivity contribution in [3.8, 4) is 0 Å². The maximum Gasteiger partial charge on any atom is 0.408 e. The van der Waals surface area contributed by atoms with E-state index in [2.05, 4.69) is 17.6 Å². The van der Waals surface area contributed by atoms with E-state index in [4.69, 9.17) is 4.74 Å². The molecule has 1 fully saturated rings. The highest BCUT2D eigenvalue weighted by atomic mass is 32.2. The molecule has 0 saturated heterocycles. The minimum absolute atomic E-state index is 0.0576. The molecule has 4 unspecified atom stereocenters. The number of rotatable bonds is 10. The summed E-state index contributed by atoms with van der Waals surface area (Å²) in [5.41, 5.74) is 0.0787. The highest BCUT2D eigenvalue weighted by Gasteiger charge is 2.48. The van der Waals surface area contributed by atoms with Gasteiger partial charge >= 0.3 is 6.09 Å². The molecule has 4 atom stereocenters. The van der Waals surface area contributed by atoms with Crippen LogP contribution in [0.5, 0.6) is 0 Å². The van der Waals surface area contributed by atoms with Crippen LogP contribution in [0, 0.1) is 5.92 Å². The Balaban J connectivity index is 2.41. The fourth-order valence-corrected chi connectivity index (χ4v) is 4.20. The van der Waals surface area contributed by atoms with E-state index in [-0.39, 0.29) is 29.8 Å². The molecule has 2 rings (SSSR count). The number of carbonyl (C=O) groups is 3. The van der Waals surface area contributed by atoms with Gasteiger partial charge in [-0.1, -0.05) is 37.3 Å². The summed E-state index contributed by atoms with van der Waals surface area (Å²) >= 11 is 1.60. The topological polar surface area (TPSA) is 87.7 Å². The number of nitrogens with zero attached hydrogens (tertiary/aromatic N) is 1. The van der Waals surface area contributed by atoms with Crippen LogP contribution < -0.4 is 10.6 Å². The van der Waals surface area contributed by atoms with E-state index >= 15 is 0 Å². The summed E-state index contributed by atoms with van der Waals surface area (Å²) in [6, 6.07) is 7.70. The lowest BCUT2D eigenvalue weighted by Crippen LogP contribution is -2.54. The lowest BCUT2D eigenvalue weighted by Gasteiger charge is -2.35. The maximum absolute atomic E-state index is 13.9. The molecule has 0 aliphatic heterocycles. The van der Waals surface area contributed by atoms with Crippen LogP contribution in [0.1, 0.15) is 66.0 Å². The predicted octanol–water partition coefficient (Wildman–Crippen LogP) is 4.14. The first kappa shape index (κ1) is 27.0. The van der Waals surface area contributed by atoms with Gasteiger partial charge in [-0.3, -0.25) is 9.59 Å². The summed E-state index contributed by atoms with van der Waals surface area (Å²) < 4.78 is 5.41. The highest BCUT2D eigenvalue weighted by molar-refractivity contribution is 7.98. The first-order valence-corrected chi connectivity index (χ1v) is 13.0. The average molecular weight is 478 g/mol. The Kier molecular flexibility index (Phi) is 9.64. The van der Waals surface area contributed by atoms with Gasteiger partial charge in [-0.05, 0) is 71.0 Å². The second-order valence-corrected chi connectivity index (χ2v) is 11.0. The maximum atomic E-state index is 13.9. The molecule has 3 amide bonds. The number of hydrogen-bond donors (Lipinski definition) is 2. The predicted molar refractivity (Wildman–Crippen MR) is 133 cm³/mol. The second-order valence-electron chi connectivity index (χ2n) is 9.98. The van der Waals surface area contributed by atoms with E-state index in [1.807, 2.05) is 50.4 Å². The van der Waals surface area contributed by atoms with Crippen LogP contribution in [0.3, 0.4) is 0 Å². The van der Waals surface area contributed by atoms with Crippen molar-refractivity contribution in [2.24, 2.45) is 5.92 Å². The lowest BCUT2D eigenvalue weighted by molar-refractivity contribution is -0.143. The summed E-state index contributed by atoms with van der Waals surface area (Å²) in [6.07, 6.45) is 2.60. The van der Waals surface area contributed by atoms with E-state index in [1.54, 1.807) is 37.4 Å². The van der Waals surface area contributed by atoms with Gasteiger partial charge in [0.25, 0.3) is 0 Å². The fraction of sp³-hybridized carbons (Fsp3) is 0.640. The summed E-state index contributed by atoms with van der Waals surface area (Å²) in [4.78, 5) is 41.5. The minimum Gasteiger partial charge on any atom is -0.444 e. The van der Waals surface area contributed by atoms with Gasteiger partial charge in [-0.2, -0.15) is 11.8 Å². The zero-order chi connectivity index (χ0) is 24.8. The quantitative estimate of drug-likeness (QED) is 0.529. The van der Waals surface area contributed by atoms with Crippen LogP contribution in [-0.2, 0) is 14.3 Å². The number of amides is 3. The molecule has 2 N–H and O–H groups in total. The molecule has 1 saturated carbocycles. The van der Waals surface area contributed by atoms with Gasteiger partial charge in [0, 0.05) is 12.1 Å². The van der Waals surface area contributed by atoms with Crippen molar-refractivity contribution < 1.29 is 19.1 Å². The van der Waals surface area contributed by atoms with E-state index in [0.29, 0.717) is 12.2 Å². The Labute approximate surface area is 202 Å². The van der Waals surface area contributed by atoms with Crippen LogP contribution in [-0.4, -0.2) is 58.5 Å². The van der Waals surface area contributed by atoms with Crippen molar-refractivity contribution in [3.63, 3.8) is 0 Å². The van der Waals surface area contributed by atoms with Gasteiger partial charge in [0.15, 0.2) is 0 Å². The summed E-state index contributed by atoms with van der Waals surface area (Å²) in [7, 11) is 0. The van der Waals surface area contributed by atoms with Crippen LogP contribution in [0.2, 0.25) is 0 Å². The molecule has 7 nitrogen and oxygen atoms in total. The zero-order valence-corrected chi connectivity index (χ0v) is 21.7.